The Morgan fingerprint density at radius 3 is 2.38 bits per heavy atom. The Bertz CT molecular complexity index is 1180. The first-order valence-corrected chi connectivity index (χ1v) is 10.3. The average molecular weight is 428 g/mol. The third-order valence-electron chi connectivity index (χ3n) is 4.89. The van der Waals surface area contributed by atoms with Crippen LogP contribution in [0.2, 0.25) is 0 Å². The van der Waals surface area contributed by atoms with Crippen LogP contribution in [-0.4, -0.2) is 16.1 Å². The Balaban J connectivity index is 1.34. The first-order valence-electron chi connectivity index (χ1n) is 10.3. The quantitative estimate of drug-likeness (QED) is 0.341. The molecule has 6 heteroatoms. The lowest BCUT2D eigenvalue weighted by Crippen LogP contribution is -2.10. The largest absolute Gasteiger partial charge is 0.454 e. The maximum Gasteiger partial charge on any atom is 0.340 e. The minimum Gasteiger partial charge on any atom is -0.454 e. The van der Waals surface area contributed by atoms with Crippen molar-refractivity contribution in [2.75, 3.05) is 0 Å². The molecule has 4 aromatic rings. The van der Waals surface area contributed by atoms with Gasteiger partial charge in [-0.25, -0.2) is 9.78 Å². The van der Waals surface area contributed by atoms with Crippen molar-refractivity contribution in [2.24, 2.45) is 0 Å². The van der Waals surface area contributed by atoms with Crippen molar-refractivity contribution in [3.05, 3.63) is 95.9 Å². The lowest BCUT2D eigenvalue weighted by Gasteiger charge is -2.18. The van der Waals surface area contributed by atoms with Crippen molar-refractivity contribution < 1.29 is 18.8 Å². The number of rotatable bonds is 6. The van der Waals surface area contributed by atoms with Gasteiger partial charge < -0.3 is 14.0 Å². The summed E-state index contributed by atoms with van der Waals surface area (Å²) < 4.78 is 16.3. The van der Waals surface area contributed by atoms with Gasteiger partial charge in [0, 0.05) is 23.9 Å². The first-order chi connectivity index (χ1) is 15.4. The van der Waals surface area contributed by atoms with Crippen molar-refractivity contribution >= 4 is 5.97 Å². The van der Waals surface area contributed by atoms with E-state index in [0.717, 1.165) is 5.56 Å². The van der Waals surface area contributed by atoms with Gasteiger partial charge in [0.2, 0.25) is 5.88 Å². The molecular weight excluding hydrogens is 404 g/mol. The van der Waals surface area contributed by atoms with Gasteiger partial charge in [-0.05, 0) is 29.2 Å². The summed E-state index contributed by atoms with van der Waals surface area (Å²) in [7, 11) is 0. The Labute approximate surface area is 186 Å². The van der Waals surface area contributed by atoms with Crippen molar-refractivity contribution in [1.82, 2.24) is 10.1 Å². The topological polar surface area (TPSA) is 74.5 Å². The molecule has 2 aromatic heterocycles. The normalized spacial score (nSPS) is 11.2. The van der Waals surface area contributed by atoms with Crippen LogP contribution in [0.1, 0.15) is 42.5 Å². The van der Waals surface area contributed by atoms with Gasteiger partial charge in [0.15, 0.2) is 12.4 Å². The Kier molecular flexibility index (Phi) is 6.03. The highest BCUT2D eigenvalue weighted by Gasteiger charge is 2.15. The fourth-order valence-corrected chi connectivity index (χ4v) is 3.05. The van der Waals surface area contributed by atoms with Gasteiger partial charge in [-0.3, -0.25) is 0 Å². The number of ether oxygens (including phenoxy) is 2. The highest BCUT2D eigenvalue weighted by molar-refractivity contribution is 5.89. The lowest BCUT2D eigenvalue weighted by molar-refractivity contribution is 0.0437. The monoisotopic (exact) mass is 428 g/mol. The fourth-order valence-electron chi connectivity index (χ4n) is 3.05. The molecule has 0 spiro atoms. The predicted molar refractivity (Wildman–Crippen MR) is 121 cm³/mol. The second kappa shape index (κ2) is 9.06. The van der Waals surface area contributed by atoms with E-state index in [1.165, 1.54) is 11.8 Å². The number of carbonyl (C=O) groups is 1. The van der Waals surface area contributed by atoms with Crippen LogP contribution in [0.3, 0.4) is 0 Å². The van der Waals surface area contributed by atoms with E-state index in [9.17, 15) is 4.79 Å². The lowest BCUT2D eigenvalue weighted by atomic mass is 9.86. The zero-order valence-electron chi connectivity index (χ0n) is 18.2. The number of carbonyl (C=O) groups excluding carboxylic acids is 1. The molecule has 0 aliphatic heterocycles. The van der Waals surface area contributed by atoms with E-state index in [1.54, 1.807) is 18.2 Å². The number of pyridine rings is 1. The number of nitrogens with zero attached hydrogens (tertiary/aromatic N) is 2. The Morgan fingerprint density at radius 2 is 1.72 bits per heavy atom. The van der Waals surface area contributed by atoms with E-state index in [1.807, 2.05) is 42.5 Å². The average Bonchev–Trinajstić information content (AvgIpc) is 3.27. The maximum absolute atomic E-state index is 12.3. The second-order valence-corrected chi connectivity index (χ2v) is 8.38. The summed E-state index contributed by atoms with van der Waals surface area (Å²) in [6, 6.07) is 22.5. The molecular formula is C26H24N2O4. The van der Waals surface area contributed by atoms with Gasteiger partial charge in [-0.15, -0.1) is 0 Å². The van der Waals surface area contributed by atoms with Crippen molar-refractivity contribution in [3.8, 4) is 22.9 Å². The molecule has 2 heterocycles. The number of para-hydroxylation sites is 1. The van der Waals surface area contributed by atoms with Crippen LogP contribution in [0.5, 0.6) is 11.6 Å². The van der Waals surface area contributed by atoms with Crippen LogP contribution in [0, 0.1) is 0 Å². The minimum atomic E-state index is -0.503. The van der Waals surface area contributed by atoms with Crippen LogP contribution in [0.4, 0.5) is 0 Å². The number of benzene rings is 2. The Hall–Kier alpha value is -3.93. The molecule has 4 rings (SSSR count). The van der Waals surface area contributed by atoms with Gasteiger partial charge in [-0.2, -0.15) is 0 Å². The van der Waals surface area contributed by atoms with Crippen LogP contribution in [-0.2, 0) is 16.8 Å². The summed E-state index contributed by atoms with van der Waals surface area (Å²) in [6.45, 7) is 6.49. The van der Waals surface area contributed by atoms with E-state index in [-0.39, 0.29) is 12.0 Å². The van der Waals surface area contributed by atoms with Crippen LogP contribution < -0.4 is 4.74 Å². The minimum absolute atomic E-state index is 0.0197. The number of aromatic nitrogens is 2. The standard InChI is InChI=1S/C26H24N2O4/c1-26(2,3)20-12-9-18(10-13-20)23-15-22(32-28-23)17-30-25(29)19-11-14-24(27-16-19)31-21-7-5-4-6-8-21/h4-16H,17H2,1-3H3. The summed E-state index contributed by atoms with van der Waals surface area (Å²) in [4.78, 5) is 16.5. The van der Waals surface area contributed by atoms with E-state index < -0.39 is 5.97 Å². The third kappa shape index (κ3) is 5.21. The summed E-state index contributed by atoms with van der Waals surface area (Å²) >= 11 is 0. The molecule has 0 bridgehead atoms. The molecule has 0 N–H and O–H groups in total. The molecule has 0 aliphatic rings. The molecule has 0 fully saturated rings. The molecule has 2 aromatic carbocycles. The summed E-state index contributed by atoms with van der Waals surface area (Å²) in [5.74, 6) is 1.02. The smallest absolute Gasteiger partial charge is 0.340 e. The van der Waals surface area contributed by atoms with Gasteiger partial charge in [0.05, 0.1) is 5.56 Å². The molecule has 0 aliphatic carbocycles. The van der Waals surface area contributed by atoms with E-state index in [2.05, 4.69) is 43.0 Å². The molecule has 0 amide bonds. The molecule has 0 saturated carbocycles. The molecule has 6 nitrogen and oxygen atoms in total. The van der Waals surface area contributed by atoms with Gasteiger partial charge in [-0.1, -0.05) is 68.4 Å². The Morgan fingerprint density at radius 1 is 0.969 bits per heavy atom. The maximum atomic E-state index is 12.3. The summed E-state index contributed by atoms with van der Waals surface area (Å²) in [5.41, 5.74) is 3.29. The third-order valence-corrected chi connectivity index (χ3v) is 4.89. The highest BCUT2D eigenvalue weighted by atomic mass is 16.5. The SMILES string of the molecule is CC(C)(C)c1ccc(-c2cc(COC(=O)c3ccc(Oc4ccccc4)nc3)on2)cc1. The number of esters is 1. The molecule has 0 radical (unpaired) electrons. The van der Waals surface area contributed by atoms with Gasteiger partial charge in [0.25, 0.3) is 0 Å². The molecule has 0 atom stereocenters. The van der Waals surface area contributed by atoms with E-state index >= 15 is 0 Å². The molecule has 0 saturated heterocycles. The highest BCUT2D eigenvalue weighted by Crippen LogP contribution is 2.26. The van der Waals surface area contributed by atoms with Gasteiger partial charge in [0.1, 0.15) is 11.4 Å². The molecule has 162 valence electrons. The van der Waals surface area contributed by atoms with Crippen LogP contribution >= 0.6 is 0 Å². The van der Waals surface area contributed by atoms with Crippen molar-refractivity contribution in [2.45, 2.75) is 32.8 Å². The number of hydrogen-bond donors (Lipinski definition) is 0. The summed E-state index contributed by atoms with van der Waals surface area (Å²) in [5, 5.41) is 4.09. The van der Waals surface area contributed by atoms with E-state index in [0.29, 0.717) is 28.6 Å². The van der Waals surface area contributed by atoms with Crippen molar-refractivity contribution in [3.63, 3.8) is 0 Å². The summed E-state index contributed by atoms with van der Waals surface area (Å²) in [6.07, 6.45) is 1.42. The second-order valence-electron chi connectivity index (χ2n) is 8.38. The van der Waals surface area contributed by atoms with Crippen LogP contribution in [0.15, 0.2) is 83.5 Å². The predicted octanol–water partition coefficient (Wildman–Crippen LogP) is 6.18. The first kappa shape index (κ1) is 21.3. The van der Waals surface area contributed by atoms with Gasteiger partial charge >= 0.3 is 5.97 Å². The fraction of sp³-hybridized carbons (Fsp3) is 0.192. The zero-order chi connectivity index (χ0) is 22.6. The zero-order valence-corrected chi connectivity index (χ0v) is 18.2. The molecule has 32 heavy (non-hydrogen) atoms. The molecule has 0 unspecified atom stereocenters. The van der Waals surface area contributed by atoms with E-state index in [4.69, 9.17) is 14.0 Å². The van der Waals surface area contributed by atoms with Crippen molar-refractivity contribution in [1.29, 1.82) is 0 Å². The van der Waals surface area contributed by atoms with Crippen LogP contribution in [0.25, 0.3) is 11.3 Å². The number of hydrogen-bond acceptors (Lipinski definition) is 6.